The van der Waals surface area contributed by atoms with Crippen LogP contribution in [0.25, 0.3) is 0 Å². The minimum absolute atomic E-state index is 0. The van der Waals surface area contributed by atoms with E-state index >= 15 is 0 Å². The van der Waals surface area contributed by atoms with Gasteiger partial charge in [-0.05, 0) is 171 Å². The van der Waals surface area contributed by atoms with Crippen LogP contribution in [0.4, 0.5) is 0 Å². The van der Waals surface area contributed by atoms with E-state index in [9.17, 15) is 14.4 Å². The predicted octanol–water partition coefficient (Wildman–Crippen LogP) is 1.24. The van der Waals surface area contributed by atoms with Crippen LogP contribution in [-0.2, 0) is 14.4 Å². The van der Waals surface area contributed by atoms with Gasteiger partial charge in [-0.25, -0.2) is 0 Å². The van der Waals surface area contributed by atoms with Crippen molar-refractivity contribution < 1.29 is 15.8 Å². The zero-order chi connectivity index (χ0) is 40.8. The number of hydrogen-bond acceptors (Lipinski definition) is 11. The molecule has 0 aromatic rings. The van der Waals surface area contributed by atoms with Crippen LogP contribution in [0.1, 0.15) is 78.5 Å². The molecule has 14 heteroatoms. The van der Waals surface area contributed by atoms with Crippen LogP contribution >= 0.6 is 0 Å². The summed E-state index contributed by atoms with van der Waals surface area (Å²) in [4.78, 5) is 54.0. The first-order valence-electron chi connectivity index (χ1n) is 23.1. The normalized spacial score (nSPS) is 26.1. The number of likely N-dealkylation sites (N-methyl/N-ethyl adjacent to an activating group) is 4. The molecule has 3 amide bonds. The van der Waals surface area contributed by atoms with Crippen LogP contribution in [0, 0.1) is 5.92 Å². The van der Waals surface area contributed by atoms with Gasteiger partial charge >= 0.3 is 0 Å². The maximum atomic E-state index is 12.3. The first kappa shape index (κ1) is 47.8. The van der Waals surface area contributed by atoms with E-state index in [1.54, 1.807) is 0 Å². The van der Waals surface area contributed by atoms with Crippen LogP contribution in [0.2, 0.25) is 0 Å². The van der Waals surface area contributed by atoms with E-state index in [1.807, 2.05) is 16.8 Å². The molecule has 7 fully saturated rings. The molecule has 1 unspecified atom stereocenters. The van der Waals surface area contributed by atoms with E-state index in [-0.39, 0.29) is 19.3 Å². The second-order valence-electron chi connectivity index (χ2n) is 17.8. The number of nitrogens with one attached hydrogen (secondary N) is 3. The monoisotopic (exact) mass is 806 g/mol. The molecule has 0 bridgehead atoms. The molecule has 7 rings (SSSR count). The average molecular weight is 806 g/mol. The van der Waals surface area contributed by atoms with Crippen LogP contribution in [-0.4, -0.2) is 235 Å². The van der Waals surface area contributed by atoms with Crippen LogP contribution in [0.15, 0.2) is 0 Å². The summed E-state index contributed by atoms with van der Waals surface area (Å²) in [5, 5.41) is 9.48. The fourth-order valence-corrected chi connectivity index (χ4v) is 9.18. The van der Waals surface area contributed by atoms with E-state index < -0.39 is 0 Å². The molecule has 1 atom stereocenters. The molecule has 0 spiro atoms. The van der Waals surface area contributed by atoms with Gasteiger partial charge in [-0.15, -0.1) is 0 Å². The Bertz CT molecular complexity index is 1130. The highest BCUT2D eigenvalue weighted by molar-refractivity contribution is 5.82. The second kappa shape index (κ2) is 27.0. The molecule has 332 valence electrons. The van der Waals surface area contributed by atoms with Gasteiger partial charge < -0.3 is 55.1 Å². The summed E-state index contributed by atoms with van der Waals surface area (Å²) in [6, 6.07) is 1.02. The standard InChI is InChI=1S/C12H23N3O.C11H21N3O.C11H22N2.C9H19N3O.H2/c1-14-7-2-8-15(10-9-14)12(16)11-3-5-13-6-4-11;1-13-6-3-7-14(9-8-13)11(15)10-4-2-5-12-10;1-12-9-5-11(6-10-12)13-7-3-2-4-8-13;1-10-8-9(13)12-5-3-4-11(2)6-7-12;/h11,13H,2-10H2,1H3;10,12H,2-9H2,1H3;11H,2-10H2,1H3;10H,3-8H2,1-2H3;1H. The summed E-state index contributed by atoms with van der Waals surface area (Å²) < 4.78 is 0. The highest BCUT2D eigenvalue weighted by atomic mass is 16.2. The quantitative estimate of drug-likeness (QED) is 0.374. The third kappa shape index (κ3) is 17.7. The summed E-state index contributed by atoms with van der Waals surface area (Å²) in [7, 11) is 10.4. The maximum absolute atomic E-state index is 12.3. The molecule has 57 heavy (non-hydrogen) atoms. The van der Waals surface area contributed by atoms with Gasteiger partial charge in [0.15, 0.2) is 0 Å². The van der Waals surface area contributed by atoms with Gasteiger partial charge in [0.2, 0.25) is 17.7 Å². The van der Waals surface area contributed by atoms with E-state index in [0.29, 0.717) is 18.4 Å². The number of likely N-dealkylation sites (tertiary alicyclic amines) is 2. The van der Waals surface area contributed by atoms with Crippen molar-refractivity contribution in [3.05, 3.63) is 0 Å². The molecule has 7 saturated heterocycles. The number of carbonyl (C=O) groups excluding carboxylic acids is 3. The van der Waals surface area contributed by atoms with Gasteiger partial charge in [-0.3, -0.25) is 14.4 Å². The van der Waals surface area contributed by atoms with Gasteiger partial charge in [-0.1, -0.05) is 6.42 Å². The van der Waals surface area contributed by atoms with Crippen molar-refractivity contribution in [1.29, 1.82) is 0 Å². The Hall–Kier alpha value is -1.91. The highest BCUT2D eigenvalue weighted by Gasteiger charge is 2.29. The van der Waals surface area contributed by atoms with E-state index in [1.165, 1.54) is 58.3 Å². The van der Waals surface area contributed by atoms with Gasteiger partial charge in [0.1, 0.15) is 0 Å². The Kier molecular flexibility index (Phi) is 22.7. The predicted molar refractivity (Wildman–Crippen MR) is 235 cm³/mol. The van der Waals surface area contributed by atoms with Crippen LogP contribution in [0.3, 0.4) is 0 Å². The lowest BCUT2D eigenvalue weighted by Gasteiger charge is -2.39. The zero-order valence-electron chi connectivity index (χ0n) is 37.2. The van der Waals surface area contributed by atoms with E-state index in [2.05, 4.69) is 73.5 Å². The summed E-state index contributed by atoms with van der Waals surface area (Å²) >= 11 is 0. The molecular formula is C43H87N11O3. The van der Waals surface area contributed by atoms with Crippen molar-refractivity contribution in [3.63, 3.8) is 0 Å². The minimum atomic E-state index is 0. The fraction of sp³-hybridized carbons (Fsp3) is 0.930. The summed E-state index contributed by atoms with van der Waals surface area (Å²) in [5.74, 6) is 1.22. The molecule has 0 aromatic heterocycles. The lowest BCUT2D eigenvalue weighted by atomic mass is 9.96. The molecule has 0 saturated carbocycles. The Morgan fingerprint density at radius 2 is 1.02 bits per heavy atom. The molecule has 7 heterocycles. The Morgan fingerprint density at radius 1 is 0.509 bits per heavy atom. The van der Waals surface area contributed by atoms with Crippen molar-refractivity contribution in [2.45, 2.75) is 89.1 Å². The van der Waals surface area contributed by atoms with Gasteiger partial charge in [0.25, 0.3) is 0 Å². The Morgan fingerprint density at radius 3 is 1.54 bits per heavy atom. The smallest absolute Gasteiger partial charge is 0.239 e. The summed E-state index contributed by atoms with van der Waals surface area (Å²) in [5.41, 5.74) is 0. The zero-order valence-corrected chi connectivity index (χ0v) is 37.2. The molecule has 3 N–H and O–H groups in total. The Balaban J connectivity index is 0.000000207. The third-order valence-electron chi connectivity index (χ3n) is 13.1. The van der Waals surface area contributed by atoms with Crippen molar-refractivity contribution in [2.75, 3.05) is 166 Å². The lowest BCUT2D eigenvalue weighted by Crippen LogP contribution is -2.45. The first-order valence-corrected chi connectivity index (χ1v) is 23.1. The highest BCUT2D eigenvalue weighted by Crippen LogP contribution is 2.20. The van der Waals surface area contributed by atoms with E-state index in [4.69, 9.17) is 0 Å². The van der Waals surface area contributed by atoms with Crippen LogP contribution < -0.4 is 16.0 Å². The summed E-state index contributed by atoms with van der Waals surface area (Å²) in [6.45, 7) is 20.7. The number of nitrogens with zero attached hydrogens (tertiary/aromatic N) is 8. The van der Waals surface area contributed by atoms with Gasteiger partial charge in [0.05, 0.1) is 12.6 Å². The molecule has 0 aliphatic carbocycles. The number of piperidine rings is 3. The number of carbonyl (C=O) groups is 3. The molecule has 0 aromatic carbocycles. The number of amides is 3. The minimum Gasteiger partial charge on any atom is -0.341 e. The number of rotatable bonds is 5. The third-order valence-corrected chi connectivity index (χ3v) is 13.1. The number of hydrogen-bond donors (Lipinski definition) is 3. The van der Waals surface area contributed by atoms with Crippen LogP contribution in [0.5, 0.6) is 0 Å². The van der Waals surface area contributed by atoms with E-state index in [0.717, 1.165) is 149 Å². The second-order valence-corrected chi connectivity index (χ2v) is 17.8. The van der Waals surface area contributed by atoms with Crippen molar-refractivity contribution in [1.82, 2.24) is 55.1 Å². The Labute approximate surface area is 349 Å². The van der Waals surface area contributed by atoms with Gasteiger partial charge in [-0.2, -0.15) is 0 Å². The molecule has 0 radical (unpaired) electrons. The lowest BCUT2D eigenvalue weighted by molar-refractivity contribution is -0.136. The topological polar surface area (TPSA) is 113 Å². The summed E-state index contributed by atoms with van der Waals surface area (Å²) in [6.07, 6.45) is 14.6. The molecule has 7 aliphatic heterocycles. The average Bonchev–Trinajstić information content (AvgIpc) is 3.42. The maximum Gasteiger partial charge on any atom is 0.239 e. The molecule has 7 aliphatic rings. The SMILES string of the molecule is CN1CCC(N2CCCCC2)CC1.CN1CCCN(C(=O)C2CCCN2)CC1.CN1CCCN(C(=O)C2CCNCC2)CC1.CNCC(=O)N1CCCN(C)CC1.[HH]. The van der Waals surface area contributed by atoms with Crippen molar-refractivity contribution >= 4 is 17.7 Å². The largest absolute Gasteiger partial charge is 0.341 e. The molecular weight excluding hydrogens is 719 g/mol. The fourth-order valence-electron chi connectivity index (χ4n) is 9.18. The first-order chi connectivity index (χ1) is 27.6. The molecule has 14 nitrogen and oxygen atoms in total. The van der Waals surface area contributed by atoms with Crippen molar-refractivity contribution in [3.8, 4) is 0 Å². The van der Waals surface area contributed by atoms with Crippen molar-refractivity contribution in [2.24, 2.45) is 5.92 Å². The van der Waals surface area contributed by atoms with Gasteiger partial charge in [0, 0.05) is 72.3 Å².